The van der Waals surface area contributed by atoms with Gasteiger partial charge in [0.1, 0.15) is 5.82 Å². The second-order valence-electron chi connectivity index (χ2n) is 4.41. The van der Waals surface area contributed by atoms with Gasteiger partial charge in [0.25, 0.3) is 0 Å². The van der Waals surface area contributed by atoms with Crippen LogP contribution in [0.1, 0.15) is 5.56 Å². The number of hydrogen-bond donors (Lipinski definition) is 0. The highest BCUT2D eigenvalue weighted by molar-refractivity contribution is 5.63. The molecule has 0 fully saturated rings. The van der Waals surface area contributed by atoms with Gasteiger partial charge in [-0.3, -0.25) is 0 Å². The van der Waals surface area contributed by atoms with Gasteiger partial charge in [0.05, 0.1) is 11.3 Å². The van der Waals surface area contributed by atoms with Crippen molar-refractivity contribution < 1.29 is 22.0 Å². The van der Waals surface area contributed by atoms with Gasteiger partial charge in [0.2, 0.25) is 0 Å². The van der Waals surface area contributed by atoms with E-state index < -0.39 is 23.4 Å². The number of halogens is 5. The molecule has 2 nitrogen and oxygen atoms in total. The Hall–Kier alpha value is -2.44. The van der Waals surface area contributed by atoms with Gasteiger partial charge in [-0.25, -0.2) is 13.8 Å². The lowest BCUT2D eigenvalue weighted by Crippen LogP contribution is -2.08. The molecule has 108 valence electrons. The predicted octanol–water partition coefficient (Wildman–Crippen LogP) is 4.30. The van der Waals surface area contributed by atoms with Crippen LogP contribution in [0.4, 0.5) is 22.0 Å². The minimum absolute atomic E-state index is 0.00890. The van der Waals surface area contributed by atoms with Gasteiger partial charge in [-0.2, -0.15) is 13.2 Å². The summed E-state index contributed by atoms with van der Waals surface area (Å²) in [5.41, 5.74) is -1.19. The average molecular weight is 298 g/mol. The summed E-state index contributed by atoms with van der Waals surface area (Å²) in [6.07, 6.45) is -1.90. The quantitative estimate of drug-likeness (QED) is 0.612. The van der Waals surface area contributed by atoms with Crippen LogP contribution in [-0.2, 0) is 6.18 Å². The van der Waals surface area contributed by atoms with Crippen molar-refractivity contribution in [2.45, 2.75) is 6.18 Å². The van der Waals surface area contributed by atoms with Crippen molar-refractivity contribution in [3.05, 3.63) is 59.9 Å². The summed E-state index contributed by atoms with van der Waals surface area (Å²) in [4.78, 5) is 3.93. The summed E-state index contributed by atoms with van der Waals surface area (Å²) < 4.78 is 66.2. The number of hydrogen-bond acceptors (Lipinski definition) is 1. The SMILES string of the molecule is Fc1ccc(-c2cn3cccc(F)c3n2)cc1C(F)(F)F. The van der Waals surface area contributed by atoms with E-state index >= 15 is 0 Å². The van der Waals surface area contributed by atoms with Gasteiger partial charge in [-0.05, 0) is 30.3 Å². The molecule has 0 aliphatic rings. The Morgan fingerprint density at radius 1 is 1.00 bits per heavy atom. The highest BCUT2D eigenvalue weighted by Gasteiger charge is 2.34. The predicted molar refractivity (Wildman–Crippen MR) is 65.5 cm³/mol. The fourth-order valence-electron chi connectivity index (χ4n) is 2.02. The van der Waals surface area contributed by atoms with Crippen LogP contribution in [0.15, 0.2) is 42.7 Å². The second kappa shape index (κ2) is 4.54. The third-order valence-corrected chi connectivity index (χ3v) is 3.00. The van der Waals surface area contributed by atoms with Gasteiger partial charge < -0.3 is 4.40 Å². The summed E-state index contributed by atoms with van der Waals surface area (Å²) in [5.74, 6) is -1.96. The van der Waals surface area contributed by atoms with Crippen molar-refractivity contribution in [1.82, 2.24) is 9.38 Å². The third kappa shape index (κ3) is 2.35. The third-order valence-electron chi connectivity index (χ3n) is 3.00. The maximum Gasteiger partial charge on any atom is 0.419 e. The fourth-order valence-corrected chi connectivity index (χ4v) is 2.02. The number of nitrogens with zero attached hydrogens (tertiary/aromatic N) is 2. The molecule has 21 heavy (non-hydrogen) atoms. The van der Waals surface area contributed by atoms with E-state index in [0.717, 1.165) is 6.07 Å². The van der Waals surface area contributed by atoms with E-state index in [1.165, 1.54) is 35.0 Å². The normalized spacial score (nSPS) is 12.0. The minimum atomic E-state index is -4.80. The second-order valence-corrected chi connectivity index (χ2v) is 4.41. The fraction of sp³-hybridized carbons (Fsp3) is 0.0714. The van der Waals surface area contributed by atoms with Gasteiger partial charge in [0.15, 0.2) is 11.5 Å². The average Bonchev–Trinajstić information content (AvgIpc) is 2.83. The molecule has 0 saturated carbocycles. The first-order valence-electron chi connectivity index (χ1n) is 5.86. The van der Waals surface area contributed by atoms with E-state index in [-0.39, 0.29) is 16.9 Å². The van der Waals surface area contributed by atoms with Gasteiger partial charge >= 0.3 is 6.18 Å². The number of pyridine rings is 1. The molecule has 0 bridgehead atoms. The van der Waals surface area contributed by atoms with Crippen LogP contribution in [0.2, 0.25) is 0 Å². The highest BCUT2D eigenvalue weighted by Crippen LogP contribution is 2.34. The number of fused-ring (bicyclic) bond motifs is 1. The van der Waals surface area contributed by atoms with Crippen molar-refractivity contribution in [2.75, 3.05) is 0 Å². The summed E-state index contributed by atoms with van der Waals surface area (Å²) in [7, 11) is 0. The molecule has 0 aliphatic carbocycles. The van der Waals surface area contributed by atoms with E-state index in [1.54, 1.807) is 0 Å². The maximum absolute atomic E-state index is 13.5. The Morgan fingerprint density at radius 3 is 2.43 bits per heavy atom. The Morgan fingerprint density at radius 2 is 1.76 bits per heavy atom. The van der Waals surface area contributed by atoms with Gasteiger partial charge in [0, 0.05) is 18.0 Å². The zero-order valence-corrected chi connectivity index (χ0v) is 10.3. The van der Waals surface area contributed by atoms with Crippen LogP contribution in [0, 0.1) is 11.6 Å². The van der Waals surface area contributed by atoms with Crippen LogP contribution >= 0.6 is 0 Å². The molecular formula is C14H7F5N2. The van der Waals surface area contributed by atoms with E-state index in [1.807, 2.05) is 0 Å². The van der Waals surface area contributed by atoms with Crippen LogP contribution in [-0.4, -0.2) is 9.38 Å². The monoisotopic (exact) mass is 298 g/mol. The van der Waals surface area contributed by atoms with E-state index in [2.05, 4.69) is 4.98 Å². The molecule has 7 heteroatoms. The van der Waals surface area contributed by atoms with Crippen LogP contribution in [0.25, 0.3) is 16.9 Å². The number of benzene rings is 1. The molecule has 0 atom stereocenters. The summed E-state index contributed by atoms with van der Waals surface area (Å²) in [6, 6.07) is 5.19. The summed E-state index contributed by atoms with van der Waals surface area (Å²) >= 11 is 0. The Labute approximate surface area is 115 Å². The van der Waals surface area contributed by atoms with Crippen molar-refractivity contribution in [1.29, 1.82) is 0 Å². The molecule has 0 N–H and O–H groups in total. The zero-order valence-electron chi connectivity index (χ0n) is 10.3. The van der Waals surface area contributed by atoms with Gasteiger partial charge in [-0.15, -0.1) is 0 Å². The van der Waals surface area contributed by atoms with Crippen LogP contribution in [0.5, 0.6) is 0 Å². The molecule has 2 heterocycles. The molecule has 2 aromatic heterocycles. The Balaban J connectivity index is 2.17. The first-order valence-corrected chi connectivity index (χ1v) is 5.86. The molecule has 0 amide bonds. The maximum atomic E-state index is 13.5. The summed E-state index contributed by atoms with van der Waals surface area (Å²) in [6.45, 7) is 0. The molecule has 3 rings (SSSR count). The molecule has 1 aromatic carbocycles. The zero-order chi connectivity index (χ0) is 15.2. The Kier molecular flexibility index (Phi) is 2.93. The molecule has 3 aromatic rings. The Bertz CT molecular complexity index is 820. The van der Waals surface area contributed by atoms with Crippen LogP contribution < -0.4 is 0 Å². The van der Waals surface area contributed by atoms with Crippen molar-refractivity contribution in [3.8, 4) is 11.3 Å². The number of rotatable bonds is 1. The van der Waals surface area contributed by atoms with Crippen molar-refractivity contribution >= 4 is 5.65 Å². The molecular weight excluding hydrogens is 291 g/mol. The first kappa shape index (κ1) is 13.5. The summed E-state index contributed by atoms with van der Waals surface area (Å²) in [5, 5.41) is 0. The largest absolute Gasteiger partial charge is 0.419 e. The van der Waals surface area contributed by atoms with Crippen molar-refractivity contribution in [3.63, 3.8) is 0 Å². The lowest BCUT2D eigenvalue weighted by atomic mass is 10.1. The van der Waals surface area contributed by atoms with E-state index in [4.69, 9.17) is 0 Å². The number of alkyl halides is 3. The number of imidazole rings is 1. The number of aromatic nitrogens is 2. The molecule has 0 spiro atoms. The minimum Gasteiger partial charge on any atom is -0.304 e. The lowest BCUT2D eigenvalue weighted by Gasteiger charge is -2.08. The molecule has 0 aliphatic heterocycles. The molecule has 0 radical (unpaired) electrons. The van der Waals surface area contributed by atoms with E-state index in [9.17, 15) is 22.0 Å². The van der Waals surface area contributed by atoms with Crippen molar-refractivity contribution in [2.24, 2.45) is 0 Å². The van der Waals surface area contributed by atoms with Gasteiger partial charge in [-0.1, -0.05) is 0 Å². The smallest absolute Gasteiger partial charge is 0.304 e. The lowest BCUT2D eigenvalue weighted by molar-refractivity contribution is -0.139. The molecule has 0 saturated heterocycles. The first-order chi connectivity index (χ1) is 9.86. The standard InChI is InChI=1S/C14H7F5N2/c15-10-4-3-8(6-9(10)14(17,18)19)12-7-21-5-1-2-11(16)13(21)20-12/h1-7H. The van der Waals surface area contributed by atoms with Crippen LogP contribution in [0.3, 0.4) is 0 Å². The molecule has 0 unspecified atom stereocenters. The highest BCUT2D eigenvalue weighted by atomic mass is 19.4. The topological polar surface area (TPSA) is 17.3 Å². The van der Waals surface area contributed by atoms with E-state index in [0.29, 0.717) is 6.07 Å².